The molecular weight excluding hydrogens is 254 g/mol. The second-order valence-corrected chi connectivity index (χ2v) is 3.91. The van der Waals surface area contributed by atoms with Crippen LogP contribution in [0.1, 0.15) is 24.5 Å². The number of phenolic OH excluding ortho intramolecular Hbond substituents is 1. The van der Waals surface area contributed by atoms with Crippen LogP contribution in [0.4, 0.5) is 0 Å². The molecule has 0 bridgehead atoms. The van der Waals surface area contributed by atoms with Crippen molar-refractivity contribution in [3.8, 4) is 5.75 Å². The van der Waals surface area contributed by atoms with Gasteiger partial charge in [-0.2, -0.15) is 0 Å². The molecule has 0 heterocycles. The summed E-state index contributed by atoms with van der Waals surface area (Å²) in [5.74, 6) is 0.470. The van der Waals surface area contributed by atoms with E-state index < -0.39 is 0 Å². The van der Waals surface area contributed by atoms with Crippen LogP contribution < -0.4 is 5.32 Å². The number of halogens is 1. The van der Waals surface area contributed by atoms with Crippen LogP contribution in [-0.2, 0) is 12.8 Å². The molecule has 84 valence electrons. The van der Waals surface area contributed by atoms with Crippen molar-refractivity contribution in [2.24, 2.45) is 0 Å². The maximum atomic E-state index is 9.65. The van der Waals surface area contributed by atoms with E-state index >= 15 is 0 Å². The van der Waals surface area contributed by atoms with E-state index in [0.29, 0.717) is 11.8 Å². The summed E-state index contributed by atoms with van der Waals surface area (Å²) >= 11 is 0. The van der Waals surface area contributed by atoms with Gasteiger partial charge in [0.1, 0.15) is 5.75 Å². The van der Waals surface area contributed by atoms with Gasteiger partial charge in [0.2, 0.25) is 0 Å². The number of fused-ring (bicyclic) bond motifs is 1. The largest absolute Gasteiger partial charge is 0.508 e. The van der Waals surface area contributed by atoms with Gasteiger partial charge in [-0.05, 0) is 43.0 Å². The number of benzene rings is 1. The minimum Gasteiger partial charge on any atom is -0.508 e. The van der Waals surface area contributed by atoms with Crippen molar-refractivity contribution in [3.05, 3.63) is 29.3 Å². The summed E-state index contributed by atoms with van der Waals surface area (Å²) in [6.07, 6.45) is 3.19. The molecule has 0 aliphatic heterocycles. The lowest BCUT2D eigenvalue weighted by Gasteiger charge is -2.25. The summed E-state index contributed by atoms with van der Waals surface area (Å²) < 4.78 is 0. The third kappa shape index (κ3) is 2.73. The van der Waals surface area contributed by atoms with E-state index in [1.54, 1.807) is 6.07 Å². The fraction of sp³-hybridized carbons (Fsp3) is 0.500. The second-order valence-electron chi connectivity index (χ2n) is 3.91. The minimum absolute atomic E-state index is 0. The Balaban J connectivity index is 0.00000112. The second kappa shape index (κ2) is 5.52. The van der Waals surface area contributed by atoms with Crippen LogP contribution in [0.2, 0.25) is 0 Å². The molecule has 2 N–H and O–H groups in total. The van der Waals surface area contributed by atoms with Gasteiger partial charge in [-0.3, -0.25) is 0 Å². The molecule has 1 aromatic carbocycles. The predicted molar refractivity (Wildman–Crippen MR) is 67.9 cm³/mol. The van der Waals surface area contributed by atoms with Gasteiger partial charge in [0, 0.05) is 6.04 Å². The highest BCUT2D eigenvalue weighted by Crippen LogP contribution is 2.28. The molecule has 1 aliphatic rings. The Bertz CT molecular complexity index is 327. The summed E-state index contributed by atoms with van der Waals surface area (Å²) in [7, 11) is 0. The van der Waals surface area contributed by atoms with Gasteiger partial charge in [0.15, 0.2) is 0 Å². The molecular formula is C12H18BrNO. The molecule has 2 rings (SSSR count). The van der Waals surface area contributed by atoms with Crippen LogP contribution in [0.3, 0.4) is 0 Å². The molecule has 3 heteroatoms. The zero-order chi connectivity index (χ0) is 9.97. The first-order valence-corrected chi connectivity index (χ1v) is 5.34. The molecule has 0 saturated heterocycles. The van der Waals surface area contributed by atoms with E-state index in [2.05, 4.69) is 18.3 Å². The Morgan fingerprint density at radius 2 is 2.27 bits per heavy atom. The fourth-order valence-corrected chi connectivity index (χ4v) is 2.25. The summed E-state index contributed by atoms with van der Waals surface area (Å²) in [6, 6.07) is 6.43. The fourth-order valence-electron chi connectivity index (χ4n) is 2.25. The number of phenols is 1. The van der Waals surface area contributed by atoms with Crippen LogP contribution >= 0.6 is 17.0 Å². The van der Waals surface area contributed by atoms with Crippen LogP contribution in [0, 0.1) is 0 Å². The van der Waals surface area contributed by atoms with Crippen molar-refractivity contribution in [1.29, 1.82) is 0 Å². The van der Waals surface area contributed by atoms with Crippen LogP contribution in [0.5, 0.6) is 5.75 Å². The highest BCUT2D eigenvalue weighted by Gasteiger charge is 2.19. The molecule has 0 fully saturated rings. The Morgan fingerprint density at radius 1 is 1.47 bits per heavy atom. The zero-order valence-corrected chi connectivity index (χ0v) is 10.7. The molecule has 0 radical (unpaired) electrons. The van der Waals surface area contributed by atoms with Crippen molar-refractivity contribution in [1.82, 2.24) is 5.32 Å². The Hall–Kier alpha value is -0.540. The van der Waals surface area contributed by atoms with Crippen molar-refractivity contribution in [2.75, 3.05) is 6.54 Å². The van der Waals surface area contributed by atoms with Crippen molar-refractivity contribution in [2.45, 2.75) is 32.2 Å². The van der Waals surface area contributed by atoms with Gasteiger partial charge in [-0.1, -0.05) is 19.1 Å². The van der Waals surface area contributed by atoms with Gasteiger partial charge in [-0.25, -0.2) is 0 Å². The Morgan fingerprint density at radius 3 is 3.00 bits per heavy atom. The Labute approximate surface area is 101 Å². The number of aromatic hydroxyl groups is 1. The van der Waals surface area contributed by atoms with E-state index in [1.165, 1.54) is 5.56 Å². The third-order valence-corrected chi connectivity index (χ3v) is 2.95. The lowest BCUT2D eigenvalue weighted by atomic mass is 9.88. The molecule has 0 aromatic heterocycles. The van der Waals surface area contributed by atoms with Crippen molar-refractivity contribution >= 4 is 17.0 Å². The number of likely N-dealkylation sites (N-methyl/N-ethyl adjacent to an activating group) is 1. The number of rotatable bonds is 2. The average Bonchev–Trinajstić information content (AvgIpc) is 2.18. The highest BCUT2D eigenvalue weighted by molar-refractivity contribution is 8.93. The first kappa shape index (κ1) is 12.5. The van der Waals surface area contributed by atoms with E-state index in [1.807, 2.05) is 6.07 Å². The predicted octanol–water partition coefficient (Wildman–Crippen LogP) is 2.44. The Kier molecular flexibility index (Phi) is 4.61. The molecule has 15 heavy (non-hydrogen) atoms. The monoisotopic (exact) mass is 271 g/mol. The SMILES string of the molecule is Br.CCNC1CCc2c(O)cccc2C1. The summed E-state index contributed by atoms with van der Waals surface area (Å²) in [6.45, 7) is 3.16. The summed E-state index contributed by atoms with van der Waals surface area (Å²) in [5, 5.41) is 13.1. The molecule has 0 amide bonds. The average molecular weight is 272 g/mol. The van der Waals surface area contributed by atoms with Gasteiger partial charge in [0.05, 0.1) is 0 Å². The van der Waals surface area contributed by atoms with Crippen LogP contribution in [0.25, 0.3) is 0 Å². The molecule has 1 aromatic rings. The topological polar surface area (TPSA) is 32.3 Å². The maximum absolute atomic E-state index is 9.65. The first-order chi connectivity index (χ1) is 6.81. The lowest BCUT2D eigenvalue weighted by molar-refractivity contribution is 0.437. The highest BCUT2D eigenvalue weighted by atomic mass is 79.9. The van der Waals surface area contributed by atoms with E-state index in [0.717, 1.165) is 31.4 Å². The standard InChI is InChI=1S/C12H17NO.BrH/c1-2-13-10-6-7-11-9(8-10)4-3-5-12(11)14;/h3-5,10,13-14H,2,6-8H2,1H3;1H. The minimum atomic E-state index is 0. The number of hydrogen-bond donors (Lipinski definition) is 2. The van der Waals surface area contributed by atoms with Gasteiger partial charge < -0.3 is 10.4 Å². The van der Waals surface area contributed by atoms with Crippen LogP contribution in [0.15, 0.2) is 18.2 Å². The van der Waals surface area contributed by atoms with E-state index in [-0.39, 0.29) is 17.0 Å². The van der Waals surface area contributed by atoms with E-state index in [4.69, 9.17) is 0 Å². The van der Waals surface area contributed by atoms with Crippen molar-refractivity contribution < 1.29 is 5.11 Å². The van der Waals surface area contributed by atoms with Gasteiger partial charge >= 0.3 is 0 Å². The summed E-state index contributed by atoms with van der Waals surface area (Å²) in [4.78, 5) is 0. The smallest absolute Gasteiger partial charge is 0.119 e. The molecule has 1 unspecified atom stereocenters. The van der Waals surface area contributed by atoms with Gasteiger partial charge in [0.25, 0.3) is 0 Å². The zero-order valence-electron chi connectivity index (χ0n) is 8.99. The number of nitrogens with one attached hydrogen (secondary N) is 1. The van der Waals surface area contributed by atoms with Crippen molar-refractivity contribution in [3.63, 3.8) is 0 Å². The maximum Gasteiger partial charge on any atom is 0.119 e. The number of hydrogen-bond acceptors (Lipinski definition) is 2. The first-order valence-electron chi connectivity index (χ1n) is 5.34. The molecule has 0 saturated carbocycles. The molecule has 2 nitrogen and oxygen atoms in total. The lowest BCUT2D eigenvalue weighted by Crippen LogP contribution is -2.34. The summed E-state index contributed by atoms with van der Waals surface area (Å²) in [5.41, 5.74) is 2.46. The molecule has 0 spiro atoms. The molecule has 1 atom stereocenters. The van der Waals surface area contributed by atoms with Crippen LogP contribution in [-0.4, -0.2) is 17.7 Å². The third-order valence-electron chi connectivity index (χ3n) is 2.95. The molecule has 1 aliphatic carbocycles. The van der Waals surface area contributed by atoms with E-state index in [9.17, 15) is 5.11 Å². The quantitative estimate of drug-likeness (QED) is 0.866. The normalized spacial score (nSPS) is 19.1. The van der Waals surface area contributed by atoms with Gasteiger partial charge in [-0.15, -0.1) is 17.0 Å².